The summed E-state index contributed by atoms with van der Waals surface area (Å²) in [6, 6.07) is 3.63. The zero-order chi connectivity index (χ0) is 14.1. The van der Waals surface area contributed by atoms with Crippen LogP contribution in [-0.4, -0.2) is 29.2 Å². The number of amides is 1. The highest BCUT2D eigenvalue weighted by Crippen LogP contribution is 2.33. The van der Waals surface area contributed by atoms with Gasteiger partial charge in [0.05, 0.1) is 0 Å². The molecule has 0 bridgehead atoms. The third kappa shape index (κ3) is 2.39. The van der Waals surface area contributed by atoms with Gasteiger partial charge in [0.2, 0.25) is 0 Å². The molecule has 0 spiro atoms. The lowest BCUT2D eigenvalue weighted by Gasteiger charge is -2.32. The summed E-state index contributed by atoms with van der Waals surface area (Å²) in [4.78, 5) is 26.5. The minimum absolute atomic E-state index is 0.0475. The molecule has 4 heteroatoms. The van der Waals surface area contributed by atoms with E-state index in [1.807, 2.05) is 17.9 Å². The molecule has 1 aromatic rings. The largest absolute Gasteiger partial charge is 0.456 e. The van der Waals surface area contributed by atoms with Crippen LogP contribution in [0.1, 0.15) is 54.8 Å². The standard InChI is InChI=1S/C16H21NO3/c1-11-8-9-15(20-11)16(19)17-10-4-6-13(17)12-5-2-3-7-14(12)18/h8-9,12-13H,2-7,10H2,1H3. The number of nitrogens with zero attached hydrogens (tertiary/aromatic N) is 1. The molecule has 1 aliphatic heterocycles. The molecule has 0 N–H and O–H groups in total. The van der Waals surface area contributed by atoms with Crippen LogP contribution in [0.2, 0.25) is 0 Å². The second-order valence-electron chi connectivity index (χ2n) is 5.94. The molecule has 0 radical (unpaired) electrons. The van der Waals surface area contributed by atoms with Crippen LogP contribution in [0.3, 0.4) is 0 Å². The molecule has 2 aliphatic rings. The zero-order valence-electron chi connectivity index (χ0n) is 11.9. The number of rotatable bonds is 2. The van der Waals surface area contributed by atoms with Crippen LogP contribution in [0.4, 0.5) is 0 Å². The van der Waals surface area contributed by atoms with E-state index in [1.54, 1.807) is 6.07 Å². The molecular formula is C16H21NO3. The van der Waals surface area contributed by atoms with Crippen LogP contribution in [0, 0.1) is 12.8 Å². The Morgan fingerprint density at radius 1 is 1.25 bits per heavy atom. The van der Waals surface area contributed by atoms with Crippen molar-refractivity contribution in [2.45, 2.75) is 51.5 Å². The maximum absolute atomic E-state index is 12.5. The molecule has 3 rings (SSSR count). The van der Waals surface area contributed by atoms with E-state index < -0.39 is 0 Å². The minimum atomic E-state index is -0.0565. The SMILES string of the molecule is Cc1ccc(C(=O)N2CCCC2C2CCCCC2=O)o1. The van der Waals surface area contributed by atoms with E-state index in [4.69, 9.17) is 4.42 Å². The summed E-state index contributed by atoms with van der Waals surface area (Å²) in [6.07, 6.45) is 5.66. The average molecular weight is 275 g/mol. The molecule has 1 aliphatic carbocycles. The summed E-state index contributed by atoms with van der Waals surface area (Å²) in [5, 5.41) is 0. The number of furan rings is 1. The maximum atomic E-state index is 12.5. The molecule has 1 saturated heterocycles. The molecule has 20 heavy (non-hydrogen) atoms. The number of aryl methyl sites for hydroxylation is 1. The topological polar surface area (TPSA) is 50.5 Å². The predicted molar refractivity (Wildman–Crippen MR) is 74.5 cm³/mol. The van der Waals surface area contributed by atoms with Crippen LogP contribution < -0.4 is 0 Å². The van der Waals surface area contributed by atoms with E-state index >= 15 is 0 Å². The third-order valence-corrected chi connectivity index (χ3v) is 4.58. The highest BCUT2D eigenvalue weighted by atomic mass is 16.3. The van der Waals surface area contributed by atoms with Gasteiger partial charge >= 0.3 is 0 Å². The summed E-state index contributed by atoms with van der Waals surface area (Å²) in [6.45, 7) is 2.58. The first-order valence-corrected chi connectivity index (χ1v) is 7.57. The first-order valence-electron chi connectivity index (χ1n) is 7.57. The van der Waals surface area contributed by atoms with Gasteiger partial charge in [-0.3, -0.25) is 9.59 Å². The summed E-state index contributed by atoms with van der Waals surface area (Å²) < 4.78 is 5.44. The number of ketones is 1. The van der Waals surface area contributed by atoms with Crippen molar-refractivity contribution >= 4 is 11.7 Å². The Balaban J connectivity index is 1.78. The van der Waals surface area contributed by atoms with Crippen molar-refractivity contribution in [3.63, 3.8) is 0 Å². The van der Waals surface area contributed by atoms with E-state index in [-0.39, 0.29) is 17.9 Å². The third-order valence-electron chi connectivity index (χ3n) is 4.58. The van der Waals surface area contributed by atoms with Gasteiger partial charge in [-0.2, -0.15) is 0 Å². The van der Waals surface area contributed by atoms with Gasteiger partial charge < -0.3 is 9.32 Å². The lowest BCUT2D eigenvalue weighted by atomic mass is 9.82. The highest BCUT2D eigenvalue weighted by Gasteiger charge is 2.39. The normalized spacial score (nSPS) is 27.1. The second kappa shape index (κ2) is 5.43. The van der Waals surface area contributed by atoms with Crippen LogP contribution in [0.15, 0.2) is 16.5 Å². The van der Waals surface area contributed by atoms with Gasteiger partial charge in [-0.25, -0.2) is 0 Å². The maximum Gasteiger partial charge on any atom is 0.289 e. The van der Waals surface area contributed by atoms with Gasteiger partial charge in [0.15, 0.2) is 5.76 Å². The van der Waals surface area contributed by atoms with Crippen LogP contribution >= 0.6 is 0 Å². The van der Waals surface area contributed by atoms with E-state index in [2.05, 4.69) is 0 Å². The Kier molecular flexibility index (Phi) is 3.64. The number of carbonyl (C=O) groups is 2. The van der Waals surface area contributed by atoms with E-state index in [0.717, 1.165) is 44.4 Å². The molecule has 2 fully saturated rings. The Bertz CT molecular complexity index is 520. The molecule has 2 unspecified atom stereocenters. The number of hydrogen-bond acceptors (Lipinski definition) is 3. The molecule has 2 atom stereocenters. The fourth-order valence-corrected chi connectivity index (χ4v) is 3.57. The number of Topliss-reactive ketones (excluding diaryl/α,β-unsaturated/α-hetero) is 1. The highest BCUT2D eigenvalue weighted by molar-refractivity contribution is 5.92. The van der Waals surface area contributed by atoms with Gasteiger partial charge in [0, 0.05) is 24.9 Å². The van der Waals surface area contributed by atoms with Crippen LogP contribution in [0.5, 0.6) is 0 Å². The van der Waals surface area contributed by atoms with Gasteiger partial charge in [-0.05, 0) is 44.7 Å². The van der Waals surface area contributed by atoms with Crippen molar-refractivity contribution in [3.8, 4) is 0 Å². The van der Waals surface area contributed by atoms with E-state index in [0.29, 0.717) is 18.0 Å². The molecule has 1 aromatic heterocycles. The molecule has 2 heterocycles. The van der Waals surface area contributed by atoms with Gasteiger partial charge in [-0.15, -0.1) is 0 Å². The fraction of sp³-hybridized carbons (Fsp3) is 0.625. The van der Waals surface area contributed by atoms with Crippen molar-refractivity contribution < 1.29 is 14.0 Å². The number of carbonyl (C=O) groups excluding carboxylic acids is 2. The quantitative estimate of drug-likeness (QED) is 0.833. The van der Waals surface area contributed by atoms with Gasteiger partial charge in [0.25, 0.3) is 5.91 Å². The Hall–Kier alpha value is -1.58. The molecule has 1 amide bonds. The summed E-state index contributed by atoms with van der Waals surface area (Å²) >= 11 is 0. The monoisotopic (exact) mass is 275 g/mol. The Morgan fingerprint density at radius 2 is 2.10 bits per heavy atom. The first kappa shape index (κ1) is 13.4. The average Bonchev–Trinajstić information content (AvgIpc) is 3.07. The zero-order valence-corrected chi connectivity index (χ0v) is 11.9. The minimum Gasteiger partial charge on any atom is -0.456 e. The van der Waals surface area contributed by atoms with Crippen molar-refractivity contribution in [2.24, 2.45) is 5.92 Å². The van der Waals surface area contributed by atoms with Crippen molar-refractivity contribution in [1.29, 1.82) is 0 Å². The van der Waals surface area contributed by atoms with Crippen LogP contribution in [0.25, 0.3) is 0 Å². The molecule has 108 valence electrons. The van der Waals surface area contributed by atoms with Crippen molar-refractivity contribution in [3.05, 3.63) is 23.7 Å². The van der Waals surface area contributed by atoms with Crippen molar-refractivity contribution in [1.82, 2.24) is 4.90 Å². The summed E-state index contributed by atoms with van der Waals surface area (Å²) in [7, 11) is 0. The van der Waals surface area contributed by atoms with Gasteiger partial charge in [-0.1, -0.05) is 6.42 Å². The lowest BCUT2D eigenvalue weighted by molar-refractivity contribution is -0.126. The summed E-state index contributed by atoms with van der Waals surface area (Å²) in [5.41, 5.74) is 0. The number of likely N-dealkylation sites (tertiary alicyclic amines) is 1. The first-order chi connectivity index (χ1) is 9.66. The van der Waals surface area contributed by atoms with E-state index in [9.17, 15) is 9.59 Å². The smallest absolute Gasteiger partial charge is 0.289 e. The van der Waals surface area contributed by atoms with Gasteiger partial charge in [0.1, 0.15) is 11.5 Å². The lowest BCUT2D eigenvalue weighted by Crippen LogP contribution is -2.43. The Morgan fingerprint density at radius 3 is 2.80 bits per heavy atom. The molecule has 1 saturated carbocycles. The summed E-state index contributed by atoms with van der Waals surface area (Å²) in [5.74, 6) is 1.48. The number of hydrogen-bond donors (Lipinski definition) is 0. The van der Waals surface area contributed by atoms with Crippen molar-refractivity contribution in [2.75, 3.05) is 6.54 Å². The van der Waals surface area contributed by atoms with E-state index in [1.165, 1.54) is 0 Å². The Labute approximate surface area is 119 Å². The predicted octanol–water partition coefficient (Wildman–Crippen LogP) is 2.95. The molecular weight excluding hydrogens is 254 g/mol. The second-order valence-corrected chi connectivity index (χ2v) is 5.94. The molecule has 4 nitrogen and oxygen atoms in total. The fourth-order valence-electron chi connectivity index (χ4n) is 3.57. The van der Waals surface area contributed by atoms with Crippen LogP contribution in [-0.2, 0) is 4.79 Å². The molecule has 0 aromatic carbocycles.